The zero-order chi connectivity index (χ0) is 16.8. The van der Waals surface area contributed by atoms with Crippen molar-refractivity contribution in [1.29, 1.82) is 0 Å². The minimum atomic E-state index is -0.534. The van der Waals surface area contributed by atoms with Gasteiger partial charge in [0.25, 0.3) is 0 Å². The molecule has 2 rings (SSSR count). The average Bonchev–Trinajstić information content (AvgIpc) is 2.61. The topological polar surface area (TPSA) is 56.8 Å². The van der Waals surface area contributed by atoms with E-state index >= 15 is 0 Å². The molecule has 0 radical (unpaired) electrons. The van der Waals surface area contributed by atoms with Crippen molar-refractivity contribution in [1.82, 2.24) is 5.32 Å². The summed E-state index contributed by atoms with van der Waals surface area (Å²) in [4.78, 5) is 13.0. The predicted octanol–water partition coefficient (Wildman–Crippen LogP) is 1.90. The molecule has 1 amide bonds. The highest BCUT2D eigenvalue weighted by Crippen LogP contribution is 2.35. The largest absolute Gasteiger partial charge is 0.382 e. The SMILES string of the molecule is COC[C@](C)(CNC(=O)C1(c2ccccc2)CCOCC1)OC. The first-order valence-electron chi connectivity index (χ1n) is 8.02. The van der Waals surface area contributed by atoms with Crippen molar-refractivity contribution in [3.05, 3.63) is 35.9 Å². The number of hydrogen-bond acceptors (Lipinski definition) is 4. The minimum Gasteiger partial charge on any atom is -0.382 e. The second-order valence-corrected chi connectivity index (χ2v) is 6.33. The third kappa shape index (κ3) is 4.10. The van der Waals surface area contributed by atoms with Crippen molar-refractivity contribution in [2.24, 2.45) is 0 Å². The number of hydrogen-bond donors (Lipinski definition) is 1. The first kappa shape index (κ1) is 17.9. The first-order valence-corrected chi connectivity index (χ1v) is 8.02. The van der Waals surface area contributed by atoms with Gasteiger partial charge in [0.15, 0.2) is 0 Å². The Labute approximate surface area is 138 Å². The van der Waals surface area contributed by atoms with Crippen LogP contribution in [0.15, 0.2) is 30.3 Å². The molecule has 0 unspecified atom stereocenters. The molecule has 1 aromatic rings. The maximum atomic E-state index is 13.0. The van der Waals surface area contributed by atoms with Gasteiger partial charge in [-0.05, 0) is 25.3 Å². The van der Waals surface area contributed by atoms with Crippen LogP contribution >= 0.6 is 0 Å². The number of carbonyl (C=O) groups excluding carboxylic acids is 1. The Balaban J connectivity index is 2.15. The molecule has 1 atom stereocenters. The molecule has 128 valence electrons. The lowest BCUT2D eigenvalue weighted by atomic mass is 9.73. The Hall–Kier alpha value is -1.43. The molecule has 1 aromatic carbocycles. The summed E-state index contributed by atoms with van der Waals surface area (Å²) in [6, 6.07) is 9.97. The lowest BCUT2D eigenvalue weighted by molar-refractivity contribution is -0.132. The molecule has 1 aliphatic rings. The highest BCUT2D eigenvalue weighted by molar-refractivity contribution is 5.88. The minimum absolute atomic E-state index is 0.0337. The van der Waals surface area contributed by atoms with E-state index in [2.05, 4.69) is 5.32 Å². The van der Waals surface area contributed by atoms with Gasteiger partial charge >= 0.3 is 0 Å². The van der Waals surface area contributed by atoms with Gasteiger partial charge in [0.2, 0.25) is 5.91 Å². The highest BCUT2D eigenvalue weighted by Gasteiger charge is 2.42. The fourth-order valence-corrected chi connectivity index (χ4v) is 3.05. The summed E-state index contributed by atoms with van der Waals surface area (Å²) < 4.78 is 16.2. The molecule has 1 N–H and O–H groups in total. The lowest BCUT2D eigenvalue weighted by Gasteiger charge is -2.37. The smallest absolute Gasteiger partial charge is 0.230 e. The Morgan fingerprint density at radius 3 is 2.48 bits per heavy atom. The van der Waals surface area contributed by atoms with Crippen molar-refractivity contribution in [3.8, 4) is 0 Å². The van der Waals surface area contributed by atoms with Crippen LogP contribution in [0.3, 0.4) is 0 Å². The molecule has 1 aliphatic heterocycles. The van der Waals surface area contributed by atoms with Crippen molar-refractivity contribution in [3.63, 3.8) is 0 Å². The Kier molecular flexibility index (Phi) is 6.16. The monoisotopic (exact) mass is 321 g/mol. The number of amides is 1. The van der Waals surface area contributed by atoms with E-state index in [9.17, 15) is 4.79 Å². The van der Waals surface area contributed by atoms with Crippen LogP contribution in [-0.4, -0.2) is 52.1 Å². The van der Waals surface area contributed by atoms with E-state index in [0.717, 1.165) is 5.56 Å². The van der Waals surface area contributed by atoms with E-state index in [1.807, 2.05) is 37.3 Å². The van der Waals surface area contributed by atoms with Crippen LogP contribution < -0.4 is 5.32 Å². The van der Waals surface area contributed by atoms with E-state index in [0.29, 0.717) is 39.2 Å². The van der Waals surface area contributed by atoms with Crippen LogP contribution in [-0.2, 0) is 24.4 Å². The van der Waals surface area contributed by atoms with Gasteiger partial charge in [0, 0.05) is 34.0 Å². The summed E-state index contributed by atoms with van der Waals surface area (Å²) >= 11 is 0. The molecule has 5 heteroatoms. The molecule has 0 aliphatic carbocycles. The van der Waals surface area contributed by atoms with Gasteiger partial charge in [0.05, 0.1) is 12.0 Å². The molecule has 1 saturated heterocycles. The Morgan fingerprint density at radius 1 is 1.26 bits per heavy atom. The van der Waals surface area contributed by atoms with Gasteiger partial charge in [-0.25, -0.2) is 0 Å². The van der Waals surface area contributed by atoms with Crippen LogP contribution in [0.4, 0.5) is 0 Å². The second kappa shape index (κ2) is 7.90. The predicted molar refractivity (Wildman–Crippen MR) is 88.5 cm³/mol. The summed E-state index contributed by atoms with van der Waals surface area (Å²) in [6.07, 6.45) is 1.38. The quantitative estimate of drug-likeness (QED) is 0.833. The summed E-state index contributed by atoms with van der Waals surface area (Å²) in [6.45, 7) is 3.96. The Bertz CT molecular complexity index is 499. The average molecular weight is 321 g/mol. The van der Waals surface area contributed by atoms with E-state index in [1.165, 1.54) is 0 Å². The third-order valence-electron chi connectivity index (χ3n) is 4.67. The molecule has 1 fully saturated rings. The Morgan fingerprint density at radius 2 is 1.91 bits per heavy atom. The van der Waals surface area contributed by atoms with Crippen LogP contribution in [0, 0.1) is 0 Å². The number of nitrogens with one attached hydrogen (secondary N) is 1. The molecule has 0 bridgehead atoms. The number of carbonyl (C=O) groups is 1. The van der Waals surface area contributed by atoms with Crippen LogP contribution in [0.2, 0.25) is 0 Å². The van der Waals surface area contributed by atoms with E-state index in [1.54, 1.807) is 14.2 Å². The summed E-state index contributed by atoms with van der Waals surface area (Å²) in [5.41, 5.74) is -0.0130. The second-order valence-electron chi connectivity index (χ2n) is 6.33. The number of methoxy groups -OCH3 is 2. The molecule has 0 spiro atoms. The molecule has 5 nitrogen and oxygen atoms in total. The summed E-state index contributed by atoms with van der Waals surface area (Å²) in [7, 11) is 3.26. The molecule has 0 saturated carbocycles. The standard InChI is InChI=1S/C18H27NO4/c1-17(22-3,14-21-2)13-19-16(20)18(9-11-23-12-10-18)15-7-5-4-6-8-15/h4-8H,9-14H2,1-3H3,(H,19,20)/t17-/m0/s1. The van der Waals surface area contributed by atoms with E-state index < -0.39 is 11.0 Å². The molecule has 1 heterocycles. The van der Waals surface area contributed by atoms with Gasteiger partial charge in [-0.2, -0.15) is 0 Å². The van der Waals surface area contributed by atoms with Gasteiger partial charge in [-0.1, -0.05) is 30.3 Å². The summed E-state index contributed by atoms with van der Waals surface area (Å²) in [5.74, 6) is 0.0337. The summed E-state index contributed by atoms with van der Waals surface area (Å²) in [5, 5.41) is 3.07. The van der Waals surface area contributed by atoms with Gasteiger partial charge in [0.1, 0.15) is 5.60 Å². The maximum absolute atomic E-state index is 13.0. The van der Waals surface area contributed by atoms with Crippen molar-refractivity contribution >= 4 is 5.91 Å². The lowest BCUT2D eigenvalue weighted by Crippen LogP contribution is -2.53. The van der Waals surface area contributed by atoms with Crippen molar-refractivity contribution in [2.75, 3.05) is 40.6 Å². The number of ether oxygens (including phenoxy) is 3. The maximum Gasteiger partial charge on any atom is 0.230 e. The fourth-order valence-electron chi connectivity index (χ4n) is 3.05. The zero-order valence-electron chi connectivity index (χ0n) is 14.3. The number of benzene rings is 1. The first-order chi connectivity index (χ1) is 11.1. The van der Waals surface area contributed by atoms with Gasteiger partial charge in [-0.15, -0.1) is 0 Å². The third-order valence-corrected chi connectivity index (χ3v) is 4.67. The number of rotatable bonds is 7. The van der Waals surface area contributed by atoms with Gasteiger partial charge < -0.3 is 19.5 Å². The molecule has 0 aromatic heterocycles. The zero-order valence-corrected chi connectivity index (χ0v) is 14.3. The van der Waals surface area contributed by atoms with Crippen LogP contribution in [0.1, 0.15) is 25.3 Å². The van der Waals surface area contributed by atoms with Crippen LogP contribution in [0.5, 0.6) is 0 Å². The van der Waals surface area contributed by atoms with Crippen LogP contribution in [0.25, 0.3) is 0 Å². The normalized spacial score (nSPS) is 19.8. The molecular weight excluding hydrogens is 294 g/mol. The van der Waals surface area contributed by atoms with Crippen molar-refractivity contribution < 1.29 is 19.0 Å². The molecule has 23 heavy (non-hydrogen) atoms. The van der Waals surface area contributed by atoms with E-state index in [4.69, 9.17) is 14.2 Å². The fraction of sp³-hybridized carbons (Fsp3) is 0.611. The highest BCUT2D eigenvalue weighted by atomic mass is 16.5. The van der Waals surface area contributed by atoms with E-state index in [-0.39, 0.29) is 5.91 Å². The molecular formula is C18H27NO4. The van der Waals surface area contributed by atoms with Gasteiger partial charge in [-0.3, -0.25) is 4.79 Å². The van der Waals surface area contributed by atoms with Crippen molar-refractivity contribution in [2.45, 2.75) is 30.8 Å².